The minimum atomic E-state index is -4.41. The average Bonchev–Trinajstić information content (AvgIpc) is 2.36. The normalized spacial score (nSPS) is 20.4. The standard InChI is InChI=1S/C14H16F3NO2/c15-14(16,17)10-7-12-11(19-4-5-20-12)6-9(10)13(8-18)2-1-3-13/h6-7H,1-5,8,18H2. The van der Waals surface area contributed by atoms with Gasteiger partial charge in [0.1, 0.15) is 13.2 Å². The molecule has 0 radical (unpaired) electrons. The summed E-state index contributed by atoms with van der Waals surface area (Å²) >= 11 is 0. The number of nitrogens with two attached hydrogens (primary N) is 1. The number of benzene rings is 1. The van der Waals surface area contributed by atoms with Crippen LogP contribution in [0.5, 0.6) is 11.5 Å². The van der Waals surface area contributed by atoms with Crippen molar-refractivity contribution >= 4 is 0 Å². The molecule has 1 heterocycles. The molecule has 20 heavy (non-hydrogen) atoms. The van der Waals surface area contributed by atoms with Gasteiger partial charge in [0.15, 0.2) is 11.5 Å². The van der Waals surface area contributed by atoms with Gasteiger partial charge in [-0.15, -0.1) is 0 Å². The van der Waals surface area contributed by atoms with Crippen LogP contribution >= 0.6 is 0 Å². The van der Waals surface area contributed by atoms with Crippen molar-refractivity contribution in [1.82, 2.24) is 0 Å². The van der Waals surface area contributed by atoms with E-state index in [9.17, 15) is 13.2 Å². The summed E-state index contributed by atoms with van der Waals surface area (Å²) in [6.07, 6.45) is -2.13. The van der Waals surface area contributed by atoms with Gasteiger partial charge in [-0.1, -0.05) is 6.42 Å². The first-order chi connectivity index (χ1) is 9.46. The van der Waals surface area contributed by atoms with Gasteiger partial charge >= 0.3 is 6.18 Å². The zero-order valence-electron chi connectivity index (χ0n) is 10.9. The van der Waals surface area contributed by atoms with E-state index >= 15 is 0 Å². The maximum absolute atomic E-state index is 13.3. The van der Waals surface area contributed by atoms with Crippen molar-refractivity contribution in [2.24, 2.45) is 5.73 Å². The number of fused-ring (bicyclic) bond motifs is 1. The molecule has 0 amide bonds. The molecule has 3 nitrogen and oxygen atoms in total. The van der Waals surface area contributed by atoms with Crippen molar-refractivity contribution in [3.8, 4) is 11.5 Å². The van der Waals surface area contributed by atoms with Crippen molar-refractivity contribution < 1.29 is 22.6 Å². The predicted molar refractivity (Wildman–Crippen MR) is 67.0 cm³/mol. The molecule has 1 aromatic rings. The molecule has 0 bridgehead atoms. The van der Waals surface area contributed by atoms with Crippen molar-refractivity contribution in [2.45, 2.75) is 30.9 Å². The summed E-state index contributed by atoms with van der Waals surface area (Å²) in [4.78, 5) is 0. The number of alkyl halides is 3. The first-order valence-electron chi connectivity index (χ1n) is 6.68. The van der Waals surface area contributed by atoms with Crippen LogP contribution in [-0.4, -0.2) is 19.8 Å². The lowest BCUT2D eigenvalue weighted by Crippen LogP contribution is -2.43. The van der Waals surface area contributed by atoms with E-state index < -0.39 is 17.2 Å². The molecule has 1 aliphatic carbocycles. The van der Waals surface area contributed by atoms with E-state index in [1.165, 1.54) is 6.07 Å². The zero-order valence-corrected chi connectivity index (χ0v) is 10.9. The monoisotopic (exact) mass is 287 g/mol. The molecule has 1 aromatic carbocycles. The molecular formula is C14H16F3NO2. The van der Waals surface area contributed by atoms with Gasteiger partial charge < -0.3 is 15.2 Å². The molecule has 0 atom stereocenters. The summed E-state index contributed by atoms with van der Waals surface area (Å²) in [7, 11) is 0. The molecule has 110 valence electrons. The van der Waals surface area contributed by atoms with E-state index in [1.54, 1.807) is 0 Å². The molecule has 6 heteroatoms. The highest BCUT2D eigenvalue weighted by molar-refractivity contribution is 5.52. The molecule has 3 rings (SSSR count). The highest BCUT2D eigenvalue weighted by Gasteiger charge is 2.45. The Hall–Kier alpha value is -1.43. The number of ether oxygens (including phenoxy) is 2. The van der Waals surface area contributed by atoms with Crippen molar-refractivity contribution in [3.05, 3.63) is 23.3 Å². The van der Waals surface area contributed by atoms with Crippen LogP contribution in [0.3, 0.4) is 0 Å². The summed E-state index contributed by atoms with van der Waals surface area (Å²) in [6, 6.07) is 2.53. The Kier molecular flexibility index (Phi) is 3.08. The fraction of sp³-hybridized carbons (Fsp3) is 0.571. The highest BCUT2D eigenvalue weighted by Crippen LogP contribution is 2.50. The Morgan fingerprint density at radius 2 is 1.70 bits per heavy atom. The van der Waals surface area contributed by atoms with E-state index in [1.807, 2.05) is 0 Å². The Labute approximate surface area is 114 Å². The zero-order chi connectivity index (χ0) is 14.4. The maximum Gasteiger partial charge on any atom is 0.416 e. The first-order valence-corrected chi connectivity index (χ1v) is 6.68. The highest BCUT2D eigenvalue weighted by atomic mass is 19.4. The van der Waals surface area contributed by atoms with Crippen LogP contribution in [0.1, 0.15) is 30.4 Å². The molecule has 1 aliphatic heterocycles. The van der Waals surface area contributed by atoms with Gasteiger partial charge in [0.25, 0.3) is 0 Å². The van der Waals surface area contributed by atoms with E-state index in [4.69, 9.17) is 15.2 Å². The van der Waals surface area contributed by atoms with E-state index in [0.29, 0.717) is 25.2 Å². The Balaban J connectivity index is 2.15. The lowest BCUT2D eigenvalue weighted by Gasteiger charge is -2.43. The summed E-state index contributed by atoms with van der Waals surface area (Å²) in [5, 5.41) is 0. The van der Waals surface area contributed by atoms with Crippen molar-refractivity contribution in [1.29, 1.82) is 0 Å². The van der Waals surface area contributed by atoms with Gasteiger partial charge in [-0.05, 0) is 30.5 Å². The molecule has 2 N–H and O–H groups in total. The number of halogens is 3. The predicted octanol–water partition coefficient (Wildman–Crippen LogP) is 2.86. The lowest BCUT2D eigenvalue weighted by molar-refractivity contribution is -0.139. The van der Waals surface area contributed by atoms with Crippen LogP contribution in [0.15, 0.2) is 12.1 Å². The summed E-state index contributed by atoms with van der Waals surface area (Å²) < 4.78 is 50.6. The van der Waals surface area contributed by atoms with Crippen LogP contribution < -0.4 is 15.2 Å². The van der Waals surface area contributed by atoms with Crippen LogP contribution in [-0.2, 0) is 11.6 Å². The van der Waals surface area contributed by atoms with Gasteiger partial charge in [0, 0.05) is 12.0 Å². The van der Waals surface area contributed by atoms with E-state index in [-0.39, 0.29) is 24.5 Å². The molecule has 1 fully saturated rings. The largest absolute Gasteiger partial charge is 0.486 e. The number of hydrogen-bond donors (Lipinski definition) is 1. The summed E-state index contributed by atoms with van der Waals surface area (Å²) in [5.74, 6) is 0.554. The Morgan fingerprint density at radius 3 is 2.15 bits per heavy atom. The van der Waals surface area contributed by atoms with Crippen LogP contribution in [0.25, 0.3) is 0 Å². The molecule has 2 aliphatic rings. The van der Waals surface area contributed by atoms with E-state index in [2.05, 4.69) is 0 Å². The minimum absolute atomic E-state index is 0.166. The maximum atomic E-state index is 13.3. The van der Waals surface area contributed by atoms with Gasteiger partial charge in [0.05, 0.1) is 5.56 Å². The van der Waals surface area contributed by atoms with Gasteiger partial charge in [-0.2, -0.15) is 13.2 Å². The Bertz CT molecular complexity index is 518. The molecule has 0 spiro atoms. The molecule has 0 aromatic heterocycles. The second-order valence-electron chi connectivity index (χ2n) is 5.38. The van der Waals surface area contributed by atoms with Gasteiger partial charge in [0.2, 0.25) is 0 Å². The van der Waals surface area contributed by atoms with Gasteiger partial charge in [-0.3, -0.25) is 0 Å². The minimum Gasteiger partial charge on any atom is -0.486 e. The molecule has 0 unspecified atom stereocenters. The van der Waals surface area contributed by atoms with Gasteiger partial charge in [-0.25, -0.2) is 0 Å². The van der Waals surface area contributed by atoms with Crippen LogP contribution in [0.4, 0.5) is 13.2 Å². The molecule has 0 saturated heterocycles. The quantitative estimate of drug-likeness (QED) is 0.909. The number of rotatable bonds is 2. The van der Waals surface area contributed by atoms with Crippen molar-refractivity contribution in [3.63, 3.8) is 0 Å². The fourth-order valence-electron chi connectivity index (χ4n) is 2.95. The Morgan fingerprint density at radius 1 is 1.10 bits per heavy atom. The third kappa shape index (κ3) is 2.02. The molecule has 1 saturated carbocycles. The second kappa shape index (κ2) is 4.55. The average molecular weight is 287 g/mol. The topological polar surface area (TPSA) is 44.5 Å². The second-order valence-corrected chi connectivity index (χ2v) is 5.38. The number of hydrogen-bond acceptors (Lipinski definition) is 3. The van der Waals surface area contributed by atoms with Crippen LogP contribution in [0, 0.1) is 0 Å². The third-order valence-electron chi connectivity index (χ3n) is 4.26. The molecular weight excluding hydrogens is 271 g/mol. The first kappa shape index (κ1) is 13.5. The fourth-order valence-corrected chi connectivity index (χ4v) is 2.95. The lowest BCUT2D eigenvalue weighted by atomic mass is 9.63. The smallest absolute Gasteiger partial charge is 0.416 e. The van der Waals surface area contributed by atoms with Crippen LogP contribution in [0.2, 0.25) is 0 Å². The van der Waals surface area contributed by atoms with E-state index in [0.717, 1.165) is 12.5 Å². The third-order valence-corrected chi connectivity index (χ3v) is 4.26. The summed E-state index contributed by atoms with van der Waals surface area (Å²) in [6.45, 7) is 0.842. The van der Waals surface area contributed by atoms with Crippen molar-refractivity contribution in [2.75, 3.05) is 19.8 Å². The summed E-state index contributed by atoms with van der Waals surface area (Å²) in [5.41, 5.74) is 4.79. The SMILES string of the molecule is NCC1(c2cc3c(cc2C(F)(F)F)OCCO3)CCC1.